The van der Waals surface area contributed by atoms with Gasteiger partial charge in [-0.2, -0.15) is 0 Å². The molecule has 0 heterocycles. The van der Waals surface area contributed by atoms with Gasteiger partial charge in [0.15, 0.2) is 0 Å². The van der Waals surface area contributed by atoms with E-state index in [0.717, 1.165) is 6.42 Å². The third-order valence-electron chi connectivity index (χ3n) is 4.32. The first-order valence-electron chi connectivity index (χ1n) is 10.0. The predicted octanol–water partition coefficient (Wildman–Crippen LogP) is 7.23. The fraction of sp³-hybridized carbons (Fsp3) is 0.950. The predicted molar refractivity (Wildman–Crippen MR) is 109 cm³/mol. The van der Waals surface area contributed by atoms with Gasteiger partial charge in [-0.1, -0.05) is 106 Å². The number of esters is 1. The Morgan fingerprint density at radius 2 is 1.00 bits per heavy atom. The molecular weight excluding hydrogens is 399 g/mol. The molecule has 0 bridgehead atoms. The lowest BCUT2D eigenvalue weighted by Crippen LogP contribution is -2.03. The summed E-state index contributed by atoms with van der Waals surface area (Å²) in [6, 6.07) is 0. The van der Waals surface area contributed by atoms with Gasteiger partial charge < -0.3 is 4.74 Å². The summed E-state index contributed by atoms with van der Waals surface area (Å²) in [4.78, 5) is 11.2. The van der Waals surface area contributed by atoms with Crippen LogP contribution in [0.5, 0.6) is 0 Å². The molecule has 0 unspecified atom stereocenters. The number of halogens is 1. The largest absolute Gasteiger partial charge is 0.466 e. The van der Waals surface area contributed by atoms with Gasteiger partial charge in [-0.05, 0) is 24.2 Å². The number of carbonyl (C=O) groups excluding carboxylic acids is 1. The SMILES string of the molecule is CCOC(=O)CCCCCCCCCCCCCCCCCI. The maximum absolute atomic E-state index is 11.2. The Hall–Kier alpha value is 0.200. The van der Waals surface area contributed by atoms with Crippen molar-refractivity contribution in [1.82, 2.24) is 0 Å². The summed E-state index contributed by atoms with van der Waals surface area (Å²) in [5.41, 5.74) is 0. The molecule has 0 aliphatic heterocycles. The third kappa shape index (κ3) is 20.2. The van der Waals surface area contributed by atoms with Crippen LogP contribution in [0.3, 0.4) is 0 Å². The quantitative estimate of drug-likeness (QED) is 0.0977. The second-order valence-corrected chi connectivity index (χ2v) is 7.63. The van der Waals surface area contributed by atoms with Crippen molar-refractivity contribution in [3.8, 4) is 0 Å². The first kappa shape index (κ1) is 23.2. The fourth-order valence-electron chi connectivity index (χ4n) is 2.90. The van der Waals surface area contributed by atoms with Gasteiger partial charge in [0.1, 0.15) is 0 Å². The minimum absolute atomic E-state index is 0.0301. The Morgan fingerprint density at radius 1 is 0.652 bits per heavy atom. The molecule has 0 aliphatic carbocycles. The van der Waals surface area contributed by atoms with Crippen molar-refractivity contribution in [2.45, 2.75) is 110 Å². The molecule has 0 spiro atoms. The van der Waals surface area contributed by atoms with Crippen LogP contribution in [-0.4, -0.2) is 17.0 Å². The molecule has 2 nitrogen and oxygen atoms in total. The van der Waals surface area contributed by atoms with Crippen LogP contribution < -0.4 is 0 Å². The molecule has 0 saturated carbocycles. The monoisotopic (exact) mass is 438 g/mol. The second-order valence-electron chi connectivity index (χ2n) is 6.55. The number of carbonyl (C=O) groups is 1. The van der Waals surface area contributed by atoms with E-state index in [0.29, 0.717) is 13.0 Å². The van der Waals surface area contributed by atoms with Crippen molar-refractivity contribution in [2.75, 3.05) is 11.0 Å². The Bertz CT molecular complexity index is 244. The lowest BCUT2D eigenvalue weighted by Gasteiger charge is -2.04. The van der Waals surface area contributed by atoms with Crippen LogP contribution in [0.2, 0.25) is 0 Å². The van der Waals surface area contributed by atoms with E-state index in [1.54, 1.807) is 0 Å². The second kappa shape index (κ2) is 20.2. The highest BCUT2D eigenvalue weighted by Gasteiger charge is 2.00. The zero-order chi connectivity index (χ0) is 17.0. The number of ether oxygens (including phenoxy) is 1. The van der Waals surface area contributed by atoms with Gasteiger partial charge in [-0.15, -0.1) is 0 Å². The molecule has 0 fully saturated rings. The van der Waals surface area contributed by atoms with Gasteiger partial charge in [-0.3, -0.25) is 4.79 Å². The highest BCUT2D eigenvalue weighted by atomic mass is 127. The van der Waals surface area contributed by atoms with Crippen molar-refractivity contribution in [3.63, 3.8) is 0 Å². The van der Waals surface area contributed by atoms with Crippen LogP contribution in [0.25, 0.3) is 0 Å². The van der Waals surface area contributed by atoms with E-state index in [1.807, 2.05) is 6.92 Å². The van der Waals surface area contributed by atoms with Gasteiger partial charge in [0.05, 0.1) is 6.61 Å². The molecule has 138 valence electrons. The van der Waals surface area contributed by atoms with Gasteiger partial charge in [-0.25, -0.2) is 0 Å². The number of hydrogen-bond acceptors (Lipinski definition) is 2. The Labute approximate surface area is 158 Å². The molecule has 0 N–H and O–H groups in total. The van der Waals surface area contributed by atoms with Crippen LogP contribution in [0.4, 0.5) is 0 Å². The number of rotatable bonds is 18. The molecule has 0 atom stereocenters. The molecule has 0 saturated heterocycles. The van der Waals surface area contributed by atoms with Crippen LogP contribution in [0.1, 0.15) is 110 Å². The normalized spacial score (nSPS) is 10.9. The topological polar surface area (TPSA) is 26.3 Å². The Kier molecular flexibility index (Phi) is 20.4. The molecule has 0 rings (SSSR count). The summed E-state index contributed by atoms with van der Waals surface area (Å²) in [7, 11) is 0. The van der Waals surface area contributed by atoms with Crippen LogP contribution >= 0.6 is 22.6 Å². The van der Waals surface area contributed by atoms with E-state index >= 15 is 0 Å². The number of alkyl halides is 1. The van der Waals surface area contributed by atoms with Gasteiger partial charge >= 0.3 is 5.97 Å². The first-order chi connectivity index (χ1) is 11.3. The van der Waals surface area contributed by atoms with E-state index < -0.39 is 0 Å². The molecule has 3 heteroatoms. The van der Waals surface area contributed by atoms with Gasteiger partial charge in [0.25, 0.3) is 0 Å². The third-order valence-corrected chi connectivity index (χ3v) is 5.08. The van der Waals surface area contributed by atoms with E-state index in [2.05, 4.69) is 22.6 Å². The van der Waals surface area contributed by atoms with Crippen molar-refractivity contribution in [1.29, 1.82) is 0 Å². The lowest BCUT2D eigenvalue weighted by atomic mass is 10.0. The summed E-state index contributed by atoms with van der Waals surface area (Å²) in [5, 5.41) is 0. The van der Waals surface area contributed by atoms with E-state index in [-0.39, 0.29) is 5.97 Å². The zero-order valence-corrected chi connectivity index (χ0v) is 17.6. The molecule has 0 aromatic carbocycles. The van der Waals surface area contributed by atoms with E-state index in [1.165, 1.54) is 94.3 Å². The van der Waals surface area contributed by atoms with Crippen molar-refractivity contribution < 1.29 is 9.53 Å². The minimum Gasteiger partial charge on any atom is -0.466 e. The summed E-state index contributed by atoms with van der Waals surface area (Å²) in [6.07, 6.45) is 21.0. The Morgan fingerprint density at radius 3 is 1.35 bits per heavy atom. The molecule has 0 radical (unpaired) electrons. The molecule has 0 aliphatic rings. The highest BCUT2D eigenvalue weighted by molar-refractivity contribution is 14.1. The highest BCUT2D eigenvalue weighted by Crippen LogP contribution is 2.14. The molecule has 23 heavy (non-hydrogen) atoms. The molecule has 0 aromatic heterocycles. The lowest BCUT2D eigenvalue weighted by molar-refractivity contribution is -0.143. The van der Waals surface area contributed by atoms with E-state index in [4.69, 9.17) is 4.74 Å². The maximum atomic E-state index is 11.2. The minimum atomic E-state index is -0.0301. The average molecular weight is 438 g/mol. The van der Waals surface area contributed by atoms with Crippen LogP contribution in [0, 0.1) is 0 Å². The maximum Gasteiger partial charge on any atom is 0.305 e. The summed E-state index contributed by atoms with van der Waals surface area (Å²) in [6.45, 7) is 2.38. The molecular formula is C20H39IO2. The van der Waals surface area contributed by atoms with Crippen LogP contribution in [0.15, 0.2) is 0 Å². The van der Waals surface area contributed by atoms with Crippen LogP contribution in [-0.2, 0) is 9.53 Å². The standard InChI is InChI=1S/C20H39IO2/c1-2-23-20(22)18-16-14-12-10-8-6-4-3-5-7-9-11-13-15-17-19-21/h2-19H2,1H3. The van der Waals surface area contributed by atoms with E-state index in [9.17, 15) is 4.79 Å². The zero-order valence-electron chi connectivity index (χ0n) is 15.4. The van der Waals surface area contributed by atoms with Gasteiger partial charge in [0, 0.05) is 6.42 Å². The number of hydrogen-bond donors (Lipinski definition) is 0. The molecule has 0 aromatic rings. The smallest absolute Gasteiger partial charge is 0.305 e. The summed E-state index contributed by atoms with van der Waals surface area (Å²) in [5.74, 6) is -0.0301. The Balaban J connectivity index is 3.01. The van der Waals surface area contributed by atoms with Gasteiger partial charge in [0.2, 0.25) is 0 Å². The number of unbranched alkanes of at least 4 members (excludes halogenated alkanes) is 14. The summed E-state index contributed by atoms with van der Waals surface area (Å²) >= 11 is 2.47. The van der Waals surface area contributed by atoms with Crippen molar-refractivity contribution in [3.05, 3.63) is 0 Å². The first-order valence-corrected chi connectivity index (χ1v) is 11.6. The van der Waals surface area contributed by atoms with Crippen molar-refractivity contribution >= 4 is 28.6 Å². The fourth-order valence-corrected chi connectivity index (χ4v) is 3.43. The molecule has 0 amide bonds. The average Bonchev–Trinajstić information content (AvgIpc) is 2.54. The van der Waals surface area contributed by atoms with Crippen molar-refractivity contribution in [2.24, 2.45) is 0 Å². The summed E-state index contributed by atoms with van der Waals surface area (Å²) < 4.78 is 6.25.